The van der Waals surface area contributed by atoms with Crippen LogP contribution in [0.3, 0.4) is 0 Å². The summed E-state index contributed by atoms with van der Waals surface area (Å²) < 4.78 is 38.1. The second-order valence-electron chi connectivity index (χ2n) is 6.61. The normalized spacial score (nSPS) is 16.4. The van der Waals surface area contributed by atoms with Gasteiger partial charge in [-0.3, -0.25) is 9.48 Å². The number of aryl methyl sites for hydroxylation is 3. The van der Waals surface area contributed by atoms with Gasteiger partial charge in [-0.1, -0.05) is 6.92 Å². The van der Waals surface area contributed by atoms with E-state index >= 15 is 0 Å². The van der Waals surface area contributed by atoms with E-state index < -0.39 is 12.7 Å². The number of likely N-dealkylation sites (N-methyl/N-ethyl adjacent to an activating group) is 1. The number of nitrogens with one attached hydrogen (secondary N) is 1. The predicted molar refractivity (Wildman–Crippen MR) is 104 cm³/mol. The summed E-state index contributed by atoms with van der Waals surface area (Å²) in [7, 11) is 1.82. The number of nitrogens with zero attached hydrogens (tertiary/aromatic N) is 5. The molecule has 1 N–H and O–H groups in total. The van der Waals surface area contributed by atoms with Crippen LogP contribution >= 0.6 is 13.5 Å². The molecule has 2 aromatic rings. The number of fused-ring (bicyclic) bond motifs is 1. The number of alkyl halides is 3. The van der Waals surface area contributed by atoms with E-state index in [2.05, 4.69) is 20.4 Å². The fraction of sp³-hybridized carbons (Fsp3) is 0.529. The fourth-order valence-corrected chi connectivity index (χ4v) is 3.18. The molecule has 0 saturated heterocycles. The molecule has 7 nitrogen and oxygen atoms in total. The van der Waals surface area contributed by atoms with Crippen LogP contribution in [-0.4, -0.2) is 44.9 Å². The predicted octanol–water partition coefficient (Wildman–Crippen LogP) is 2.61. The van der Waals surface area contributed by atoms with Gasteiger partial charge in [0.2, 0.25) is 5.91 Å². The number of hydrogen-bond donors (Lipinski definition) is 1. The minimum Gasteiger partial charge on any atom is -0.346 e. The highest BCUT2D eigenvalue weighted by Gasteiger charge is 2.32. The van der Waals surface area contributed by atoms with Crippen LogP contribution in [0.4, 0.5) is 24.7 Å². The molecular formula is C17H23F3N6OS. The van der Waals surface area contributed by atoms with Crippen molar-refractivity contribution in [1.29, 1.82) is 0 Å². The summed E-state index contributed by atoms with van der Waals surface area (Å²) >= 11 is 0. The fourth-order valence-electron chi connectivity index (χ4n) is 3.18. The van der Waals surface area contributed by atoms with Gasteiger partial charge in [-0.2, -0.15) is 31.8 Å². The van der Waals surface area contributed by atoms with E-state index in [0.29, 0.717) is 47.8 Å². The van der Waals surface area contributed by atoms with Crippen LogP contribution in [-0.2, 0) is 24.2 Å². The summed E-state index contributed by atoms with van der Waals surface area (Å²) in [6, 6.07) is -0.291. The molecule has 154 valence electrons. The van der Waals surface area contributed by atoms with Gasteiger partial charge in [0.05, 0.1) is 11.9 Å². The lowest BCUT2D eigenvalue weighted by molar-refractivity contribution is -0.142. The molecule has 0 fully saturated rings. The lowest BCUT2D eigenvalue weighted by atomic mass is 10.1. The Morgan fingerprint density at radius 3 is 2.61 bits per heavy atom. The molecule has 0 bridgehead atoms. The summed E-state index contributed by atoms with van der Waals surface area (Å²) in [5.74, 6) is 1.16. The first-order chi connectivity index (χ1) is 12.7. The lowest BCUT2D eigenvalue weighted by Gasteiger charge is -2.34. The summed E-state index contributed by atoms with van der Waals surface area (Å²) in [5, 5.41) is 6.60. The topological polar surface area (TPSA) is 75.9 Å². The zero-order chi connectivity index (χ0) is 19.8. The molecule has 0 radical (unpaired) electrons. The van der Waals surface area contributed by atoms with E-state index in [-0.39, 0.29) is 25.4 Å². The number of carbonyl (C=O) groups excluding carboxylic acids is 1. The molecule has 2 aromatic heterocycles. The average Bonchev–Trinajstić information content (AvgIpc) is 3.00. The first kappa shape index (κ1) is 22.0. The van der Waals surface area contributed by atoms with Crippen molar-refractivity contribution >= 4 is 30.9 Å². The molecule has 0 unspecified atom stereocenters. The highest BCUT2D eigenvalue weighted by Crippen LogP contribution is 2.32. The molecule has 1 amide bonds. The number of amides is 1. The van der Waals surface area contributed by atoms with Gasteiger partial charge in [0.15, 0.2) is 5.82 Å². The van der Waals surface area contributed by atoms with Gasteiger partial charge in [0, 0.05) is 19.7 Å². The highest BCUT2D eigenvalue weighted by atomic mass is 32.1. The molecule has 3 rings (SSSR count). The first-order valence-electron chi connectivity index (χ1n) is 8.67. The molecule has 28 heavy (non-hydrogen) atoms. The quantitative estimate of drug-likeness (QED) is 0.811. The van der Waals surface area contributed by atoms with Gasteiger partial charge < -0.3 is 10.2 Å². The van der Waals surface area contributed by atoms with Crippen molar-refractivity contribution in [2.75, 3.05) is 17.3 Å². The van der Waals surface area contributed by atoms with Crippen LogP contribution in [0.15, 0.2) is 12.4 Å². The molecule has 0 saturated carbocycles. The van der Waals surface area contributed by atoms with Crippen molar-refractivity contribution in [3.05, 3.63) is 29.5 Å². The van der Waals surface area contributed by atoms with Crippen molar-refractivity contribution in [2.24, 2.45) is 0 Å². The number of hydrogen-bond acceptors (Lipinski definition) is 5. The summed E-state index contributed by atoms with van der Waals surface area (Å²) in [4.78, 5) is 23.0. The second kappa shape index (κ2) is 8.38. The van der Waals surface area contributed by atoms with Crippen molar-refractivity contribution in [2.45, 2.75) is 51.9 Å². The van der Waals surface area contributed by atoms with Crippen LogP contribution in [0.5, 0.6) is 0 Å². The SMILES string of the molecule is CC[C@H]1C(=O)Nc2c(C)nc(CCc3cnn(CC(F)(F)F)c3)nc2N1C.S. The van der Waals surface area contributed by atoms with Crippen molar-refractivity contribution in [3.63, 3.8) is 0 Å². The minimum atomic E-state index is -4.30. The summed E-state index contributed by atoms with van der Waals surface area (Å²) in [5.41, 5.74) is 1.96. The minimum absolute atomic E-state index is 0. The Bertz CT molecular complexity index is 854. The van der Waals surface area contributed by atoms with Crippen LogP contribution in [0.25, 0.3) is 0 Å². The van der Waals surface area contributed by atoms with Crippen molar-refractivity contribution < 1.29 is 18.0 Å². The summed E-state index contributed by atoms with van der Waals surface area (Å²) in [6.07, 6.45) is 0.105. The Balaban J connectivity index is 0.00000280. The lowest BCUT2D eigenvalue weighted by Crippen LogP contribution is -2.46. The van der Waals surface area contributed by atoms with Gasteiger partial charge in [-0.15, -0.1) is 0 Å². The van der Waals surface area contributed by atoms with Gasteiger partial charge in [-0.05, 0) is 25.3 Å². The molecule has 0 spiro atoms. The van der Waals surface area contributed by atoms with Crippen LogP contribution in [0.1, 0.15) is 30.4 Å². The Hall–Kier alpha value is -2.30. The van der Waals surface area contributed by atoms with Gasteiger partial charge >= 0.3 is 6.18 Å². The number of aromatic nitrogens is 4. The van der Waals surface area contributed by atoms with Gasteiger partial charge in [-0.25, -0.2) is 9.97 Å². The maximum absolute atomic E-state index is 12.4. The number of halogens is 3. The van der Waals surface area contributed by atoms with Crippen molar-refractivity contribution in [3.8, 4) is 0 Å². The number of carbonyl (C=O) groups is 1. The molecule has 1 aliphatic rings. The Kier molecular flexibility index (Phi) is 6.58. The standard InChI is InChI=1S/C17H21F3N6O.H2S/c1-4-12-16(27)24-14-10(2)22-13(23-15(14)25(12)3)6-5-11-7-21-26(8-11)9-17(18,19)20;/h7-8,12H,4-6,9H2,1-3H3,(H,24,27);1H2/t12-;/m0./s1. The summed E-state index contributed by atoms with van der Waals surface area (Å²) in [6.45, 7) is 2.62. The molecule has 3 heterocycles. The number of rotatable bonds is 5. The Morgan fingerprint density at radius 1 is 1.25 bits per heavy atom. The average molecular weight is 416 g/mol. The van der Waals surface area contributed by atoms with E-state index in [0.717, 1.165) is 4.68 Å². The van der Waals surface area contributed by atoms with Crippen LogP contribution in [0.2, 0.25) is 0 Å². The van der Waals surface area contributed by atoms with Gasteiger partial charge in [0.1, 0.15) is 24.1 Å². The number of anilines is 2. The molecule has 1 aliphatic heterocycles. The first-order valence-corrected chi connectivity index (χ1v) is 8.67. The maximum Gasteiger partial charge on any atom is 0.408 e. The highest BCUT2D eigenvalue weighted by molar-refractivity contribution is 7.59. The molecule has 11 heteroatoms. The maximum atomic E-state index is 12.4. The largest absolute Gasteiger partial charge is 0.408 e. The third kappa shape index (κ3) is 4.75. The third-order valence-electron chi connectivity index (χ3n) is 4.52. The van der Waals surface area contributed by atoms with E-state index in [9.17, 15) is 18.0 Å². The molecule has 0 aliphatic carbocycles. The van der Waals surface area contributed by atoms with E-state index in [1.54, 1.807) is 6.92 Å². The van der Waals surface area contributed by atoms with E-state index in [1.807, 2.05) is 18.9 Å². The Morgan fingerprint density at radius 2 is 1.96 bits per heavy atom. The van der Waals surface area contributed by atoms with Crippen LogP contribution < -0.4 is 10.2 Å². The van der Waals surface area contributed by atoms with Crippen LogP contribution in [0, 0.1) is 6.92 Å². The molecule has 1 atom stereocenters. The van der Waals surface area contributed by atoms with Crippen molar-refractivity contribution in [1.82, 2.24) is 19.7 Å². The van der Waals surface area contributed by atoms with Gasteiger partial charge in [0.25, 0.3) is 0 Å². The zero-order valence-electron chi connectivity index (χ0n) is 15.8. The third-order valence-corrected chi connectivity index (χ3v) is 4.52. The Labute approximate surface area is 167 Å². The molecule has 0 aromatic carbocycles. The smallest absolute Gasteiger partial charge is 0.346 e. The van der Waals surface area contributed by atoms with E-state index in [1.165, 1.54) is 12.4 Å². The monoisotopic (exact) mass is 416 g/mol. The van der Waals surface area contributed by atoms with E-state index in [4.69, 9.17) is 0 Å². The molecular weight excluding hydrogens is 393 g/mol. The zero-order valence-corrected chi connectivity index (χ0v) is 16.8. The second-order valence-corrected chi connectivity index (χ2v) is 6.61.